The molecule has 5 rings (SSSR count). The van der Waals surface area contributed by atoms with Crippen LogP contribution in [0, 0.1) is 0 Å². The molecule has 1 aliphatic rings. The molecule has 2 atom stereocenters. The van der Waals surface area contributed by atoms with Crippen LogP contribution in [0.2, 0.25) is 0 Å². The third-order valence-corrected chi connectivity index (χ3v) is 19.1. The minimum atomic E-state index is -1.90. The zero-order valence-electron chi connectivity index (χ0n) is 20.2. The van der Waals surface area contributed by atoms with Gasteiger partial charge in [-0.15, -0.1) is 0 Å². The van der Waals surface area contributed by atoms with Crippen molar-refractivity contribution in [2.45, 2.75) is 37.8 Å². The standard InChI is InChI=1S/C30H32N2P2Se2/c35-33(25-15-5-1-6-16-25,26-17-7-2-8-18-26)31-29-23-13-14-24-30(29)32-34(36,27-19-9-3-10-20-27)28-21-11-4-12-22-28/h1-12,15-22,29-30H,13-14,23-24H2,(H,31,35)(H,32,36)/t29-,30-/m1/s1. The number of rotatable bonds is 8. The average molecular weight is 640 g/mol. The van der Waals surface area contributed by atoms with Crippen molar-refractivity contribution in [3.63, 3.8) is 0 Å². The van der Waals surface area contributed by atoms with Gasteiger partial charge in [0.15, 0.2) is 0 Å². The molecule has 0 spiro atoms. The van der Waals surface area contributed by atoms with Crippen molar-refractivity contribution in [1.82, 2.24) is 10.2 Å². The van der Waals surface area contributed by atoms with Crippen molar-refractivity contribution in [2.24, 2.45) is 0 Å². The van der Waals surface area contributed by atoms with Gasteiger partial charge >= 0.3 is 232 Å². The first-order chi connectivity index (χ1) is 17.6. The Morgan fingerprint density at radius 1 is 0.444 bits per heavy atom. The van der Waals surface area contributed by atoms with Crippen LogP contribution in [-0.2, 0) is 0 Å². The summed E-state index contributed by atoms with van der Waals surface area (Å²) in [5.74, 6) is 0. The van der Waals surface area contributed by atoms with Gasteiger partial charge in [0.1, 0.15) is 0 Å². The molecule has 1 fully saturated rings. The van der Waals surface area contributed by atoms with Crippen molar-refractivity contribution in [2.75, 3.05) is 0 Å². The average Bonchev–Trinajstić information content (AvgIpc) is 2.96. The molecule has 0 aromatic heterocycles. The third-order valence-electron chi connectivity index (χ3n) is 6.94. The van der Waals surface area contributed by atoms with Crippen LogP contribution < -0.4 is 31.4 Å². The van der Waals surface area contributed by atoms with Crippen LogP contribution in [-0.4, -0.2) is 42.3 Å². The Labute approximate surface area is 230 Å². The zero-order valence-corrected chi connectivity index (χ0v) is 25.5. The normalized spacial score (nSPS) is 18.6. The van der Waals surface area contributed by atoms with Gasteiger partial charge in [0.25, 0.3) is 0 Å². The van der Waals surface area contributed by atoms with Gasteiger partial charge in [-0.3, -0.25) is 0 Å². The first-order valence-corrected chi connectivity index (χ1v) is 20.6. The van der Waals surface area contributed by atoms with E-state index in [0.29, 0.717) is 12.1 Å². The molecule has 6 heteroatoms. The molecule has 1 aliphatic carbocycles. The molecule has 0 amide bonds. The number of hydrogen-bond acceptors (Lipinski definition) is 2. The van der Waals surface area contributed by atoms with E-state index in [1.807, 2.05) is 0 Å². The van der Waals surface area contributed by atoms with E-state index in [4.69, 9.17) is 0 Å². The van der Waals surface area contributed by atoms with Gasteiger partial charge in [-0.25, -0.2) is 0 Å². The fourth-order valence-corrected chi connectivity index (χ4v) is 14.9. The molecular formula is C30H32N2P2Se2. The number of benzene rings is 4. The molecule has 4 aromatic rings. The Balaban J connectivity index is 1.52. The molecule has 2 nitrogen and oxygen atoms in total. The van der Waals surface area contributed by atoms with Crippen molar-refractivity contribution >= 4 is 62.7 Å². The summed E-state index contributed by atoms with van der Waals surface area (Å²) in [5.41, 5.74) is -3.80. The second kappa shape index (κ2) is 12.0. The Bertz CT molecular complexity index is 1160. The van der Waals surface area contributed by atoms with Crippen LogP contribution in [0.4, 0.5) is 0 Å². The van der Waals surface area contributed by atoms with E-state index >= 15 is 0 Å². The van der Waals surface area contributed by atoms with E-state index in [2.05, 4.69) is 162 Å². The summed E-state index contributed by atoms with van der Waals surface area (Å²) in [5, 5.41) is 13.9. The number of nitrogens with one attached hydrogen (secondary N) is 2. The van der Waals surface area contributed by atoms with E-state index in [-0.39, 0.29) is 0 Å². The molecule has 0 bridgehead atoms. The van der Waals surface area contributed by atoms with Crippen LogP contribution in [0.25, 0.3) is 0 Å². The van der Waals surface area contributed by atoms with Crippen LogP contribution in [0.3, 0.4) is 0 Å². The maximum absolute atomic E-state index is 4.24. The summed E-state index contributed by atoms with van der Waals surface area (Å²) in [4.78, 5) is 0. The minimum absolute atomic E-state index is 0.369. The van der Waals surface area contributed by atoms with Gasteiger partial charge in [-0.2, -0.15) is 0 Å². The SMILES string of the molecule is [Se]=P(N[C@@H]1CCCC[C@H]1NP(=[Se])(c1ccccc1)c1ccccc1)(c1ccccc1)c1ccccc1. The monoisotopic (exact) mass is 642 g/mol. The third kappa shape index (κ3) is 5.73. The summed E-state index contributed by atoms with van der Waals surface area (Å²) in [6.07, 6.45) is 4.86. The van der Waals surface area contributed by atoms with Crippen LogP contribution in [0.15, 0.2) is 121 Å². The van der Waals surface area contributed by atoms with Crippen LogP contribution >= 0.6 is 11.3 Å². The van der Waals surface area contributed by atoms with Gasteiger partial charge in [-0.1, -0.05) is 0 Å². The molecule has 0 aliphatic heterocycles. The fraction of sp³-hybridized carbons (Fsp3) is 0.200. The molecule has 2 N–H and O–H groups in total. The van der Waals surface area contributed by atoms with Crippen molar-refractivity contribution in [1.29, 1.82) is 0 Å². The first-order valence-electron chi connectivity index (χ1n) is 12.6. The summed E-state index contributed by atoms with van der Waals surface area (Å²) in [6.45, 7) is 0. The van der Waals surface area contributed by atoms with Gasteiger partial charge < -0.3 is 0 Å². The molecule has 0 unspecified atom stereocenters. The van der Waals surface area contributed by atoms with E-state index < -0.39 is 11.3 Å². The fourth-order valence-electron chi connectivity index (χ4n) is 5.05. The molecule has 36 heavy (non-hydrogen) atoms. The van der Waals surface area contributed by atoms with E-state index in [9.17, 15) is 0 Å². The van der Waals surface area contributed by atoms with E-state index in [1.54, 1.807) is 0 Å². The molecule has 0 radical (unpaired) electrons. The molecule has 1 saturated carbocycles. The summed E-state index contributed by atoms with van der Waals surface area (Å²) >= 11 is 7.38. The topological polar surface area (TPSA) is 24.1 Å². The zero-order chi connectivity index (χ0) is 24.8. The Kier molecular flexibility index (Phi) is 8.80. The summed E-state index contributed by atoms with van der Waals surface area (Å²) in [6, 6.07) is 44.6. The first kappa shape index (κ1) is 26.3. The second-order valence-electron chi connectivity index (χ2n) is 9.32. The van der Waals surface area contributed by atoms with Gasteiger partial charge in [0.05, 0.1) is 0 Å². The maximum atomic E-state index is 4.24. The van der Waals surface area contributed by atoms with Crippen molar-refractivity contribution in [3.8, 4) is 0 Å². The molecule has 0 heterocycles. The van der Waals surface area contributed by atoms with Gasteiger partial charge in [0, 0.05) is 0 Å². The molecular weight excluding hydrogens is 608 g/mol. The predicted octanol–water partition coefficient (Wildman–Crippen LogP) is 4.81. The Hall–Kier alpha value is -1.30. The van der Waals surface area contributed by atoms with Crippen LogP contribution in [0.1, 0.15) is 25.7 Å². The van der Waals surface area contributed by atoms with Gasteiger partial charge in [0.2, 0.25) is 0 Å². The second-order valence-corrected chi connectivity index (χ2v) is 21.2. The van der Waals surface area contributed by atoms with Crippen LogP contribution in [0.5, 0.6) is 0 Å². The molecule has 184 valence electrons. The predicted molar refractivity (Wildman–Crippen MR) is 162 cm³/mol. The Morgan fingerprint density at radius 3 is 0.944 bits per heavy atom. The van der Waals surface area contributed by atoms with Crippen molar-refractivity contribution in [3.05, 3.63) is 121 Å². The quantitative estimate of drug-likeness (QED) is 0.214. The number of hydrogen-bond donors (Lipinski definition) is 2. The Morgan fingerprint density at radius 2 is 0.694 bits per heavy atom. The van der Waals surface area contributed by atoms with E-state index in [1.165, 1.54) is 46.9 Å². The van der Waals surface area contributed by atoms with E-state index in [0.717, 1.165) is 0 Å². The molecule has 4 aromatic carbocycles. The van der Waals surface area contributed by atoms with Crippen molar-refractivity contribution < 1.29 is 0 Å². The van der Waals surface area contributed by atoms with Gasteiger partial charge in [-0.05, 0) is 0 Å². The molecule has 0 saturated heterocycles. The summed E-state index contributed by atoms with van der Waals surface area (Å²) in [7, 11) is 0. The summed E-state index contributed by atoms with van der Waals surface area (Å²) < 4.78 is 0.